The van der Waals surface area contributed by atoms with Crippen LogP contribution in [0.25, 0.3) is 0 Å². The summed E-state index contributed by atoms with van der Waals surface area (Å²) in [5.41, 5.74) is 1.01. The molecule has 0 saturated heterocycles. The Morgan fingerprint density at radius 2 is 1.85 bits per heavy atom. The summed E-state index contributed by atoms with van der Waals surface area (Å²) in [6, 6.07) is 12.0. The summed E-state index contributed by atoms with van der Waals surface area (Å²) >= 11 is 5.94. The molecule has 0 amide bonds. The van der Waals surface area contributed by atoms with Gasteiger partial charge in [0.2, 0.25) is 0 Å². The Bertz CT molecular complexity index is 606. The highest BCUT2D eigenvalue weighted by molar-refractivity contribution is 6.31. The number of methoxy groups -OCH3 is 1. The number of benzene rings is 2. The average Bonchev–Trinajstić information content (AvgIpc) is 2.47. The Morgan fingerprint density at radius 3 is 2.45 bits per heavy atom. The number of halogens is 1. The molecule has 0 radical (unpaired) electrons. The fraction of sp³-hybridized carbons (Fsp3) is 0.188. The molecule has 0 aliphatic carbocycles. The van der Waals surface area contributed by atoms with Gasteiger partial charge in [-0.15, -0.1) is 0 Å². The minimum absolute atomic E-state index is 0.132. The molecule has 4 heteroatoms. The summed E-state index contributed by atoms with van der Waals surface area (Å²) in [7, 11) is 1.53. The third-order valence-corrected chi connectivity index (χ3v) is 3.07. The van der Waals surface area contributed by atoms with Crippen molar-refractivity contribution in [3.63, 3.8) is 0 Å². The van der Waals surface area contributed by atoms with E-state index in [4.69, 9.17) is 21.1 Å². The van der Waals surface area contributed by atoms with Crippen LogP contribution in [0.3, 0.4) is 0 Å². The van der Waals surface area contributed by atoms with Crippen molar-refractivity contribution in [2.75, 3.05) is 13.7 Å². The third kappa shape index (κ3) is 3.11. The van der Waals surface area contributed by atoms with Crippen LogP contribution in [-0.2, 0) is 0 Å². The summed E-state index contributed by atoms with van der Waals surface area (Å²) in [4.78, 5) is 12.5. The van der Waals surface area contributed by atoms with E-state index in [-0.39, 0.29) is 5.78 Å². The highest BCUT2D eigenvalue weighted by Gasteiger charge is 2.15. The SMILES string of the molecule is CCOc1ccc(C(=O)c2cc(Cl)ccc2OC)cc1. The van der Waals surface area contributed by atoms with Gasteiger partial charge in [0.1, 0.15) is 11.5 Å². The molecule has 0 saturated carbocycles. The molecule has 20 heavy (non-hydrogen) atoms. The number of rotatable bonds is 5. The standard InChI is InChI=1S/C16H15ClO3/c1-3-20-13-7-4-11(5-8-13)16(18)14-10-12(17)6-9-15(14)19-2/h4-10H,3H2,1-2H3. The van der Waals surface area contributed by atoms with Crippen molar-refractivity contribution in [2.24, 2.45) is 0 Å². The van der Waals surface area contributed by atoms with Crippen molar-refractivity contribution in [1.82, 2.24) is 0 Å². The maximum Gasteiger partial charge on any atom is 0.196 e. The van der Waals surface area contributed by atoms with Gasteiger partial charge in [-0.2, -0.15) is 0 Å². The minimum atomic E-state index is -0.132. The van der Waals surface area contributed by atoms with E-state index in [1.165, 1.54) is 7.11 Å². The maximum atomic E-state index is 12.5. The van der Waals surface area contributed by atoms with E-state index >= 15 is 0 Å². The Hall–Kier alpha value is -2.00. The van der Waals surface area contributed by atoms with E-state index in [0.29, 0.717) is 28.5 Å². The topological polar surface area (TPSA) is 35.5 Å². The highest BCUT2D eigenvalue weighted by Crippen LogP contribution is 2.25. The van der Waals surface area contributed by atoms with Crippen LogP contribution in [-0.4, -0.2) is 19.5 Å². The average molecular weight is 291 g/mol. The number of ether oxygens (including phenoxy) is 2. The van der Waals surface area contributed by atoms with Crippen molar-refractivity contribution in [3.8, 4) is 11.5 Å². The molecule has 2 aromatic carbocycles. The zero-order valence-electron chi connectivity index (χ0n) is 11.4. The largest absolute Gasteiger partial charge is 0.496 e. The highest BCUT2D eigenvalue weighted by atomic mass is 35.5. The van der Waals surface area contributed by atoms with Gasteiger partial charge in [-0.1, -0.05) is 11.6 Å². The van der Waals surface area contributed by atoms with Gasteiger partial charge in [-0.05, 0) is 49.4 Å². The van der Waals surface area contributed by atoms with Crippen molar-refractivity contribution in [2.45, 2.75) is 6.92 Å². The van der Waals surface area contributed by atoms with Crippen LogP contribution in [0, 0.1) is 0 Å². The van der Waals surface area contributed by atoms with E-state index in [1.54, 1.807) is 42.5 Å². The van der Waals surface area contributed by atoms with Crippen molar-refractivity contribution in [1.29, 1.82) is 0 Å². The molecule has 2 rings (SSSR count). The van der Waals surface area contributed by atoms with Gasteiger partial charge in [0, 0.05) is 10.6 Å². The number of hydrogen-bond acceptors (Lipinski definition) is 3. The van der Waals surface area contributed by atoms with Crippen LogP contribution in [0.1, 0.15) is 22.8 Å². The van der Waals surface area contributed by atoms with Crippen LogP contribution in [0.2, 0.25) is 5.02 Å². The van der Waals surface area contributed by atoms with Gasteiger partial charge in [0.25, 0.3) is 0 Å². The number of carbonyl (C=O) groups excluding carboxylic acids is 1. The van der Waals surface area contributed by atoms with E-state index < -0.39 is 0 Å². The zero-order chi connectivity index (χ0) is 14.5. The van der Waals surface area contributed by atoms with Crippen molar-refractivity contribution in [3.05, 3.63) is 58.6 Å². The van der Waals surface area contributed by atoms with Gasteiger partial charge >= 0.3 is 0 Å². The van der Waals surface area contributed by atoms with Gasteiger partial charge in [0.05, 0.1) is 19.3 Å². The Balaban J connectivity index is 2.33. The molecule has 0 fully saturated rings. The molecule has 0 bridgehead atoms. The molecule has 0 aliphatic rings. The minimum Gasteiger partial charge on any atom is -0.496 e. The lowest BCUT2D eigenvalue weighted by Gasteiger charge is -2.09. The predicted molar refractivity (Wildman–Crippen MR) is 79.0 cm³/mol. The summed E-state index contributed by atoms with van der Waals surface area (Å²) in [5.74, 6) is 1.11. The van der Waals surface area contributed by atoms with E-state index in [1.807, 2.05) is 6.92 Å². The molecule has 0 N–H and O–H groups in total. The molecule has 0 unspecified atom stereocenters. The molecule has 104 valence electrons. The molecule has 0 heterocycles. The second-order valence-electron chi connectivity index (χ2n) is 4.13. The predicted octanol–water partition coefficient (Wildman–Crippen LogP) is 3.98. The summed E-state index contributed by atoms with van der Waals surface area (Å²) in [5, 5.41) is 0.500. The van der Waals surface area contributed by atoms with Gasteiger partial charge in [-0.3, -0.25) is 4.79 Å². The van der Waals surface area contributed by atoms with Crippen LogP contribution >= 0.6 is 11.6 Å². The second kappa shape index (κ2) is 6.44. The zero-order valence-corrected chi connectivity index (χ0v) is 12.1. The molecule has 3 nitrogen and oxygen atoms in total. The van der Waals surface area contributed by atoms with Crippen LogP contribution in [0.4, 0.5) is 0 Å². The molecule has 2 aromatic rings. The fourth-order valence-electron chi connectivity index (χ4n) is 1.88. The van der Waals surface area contributed by atoms with Gasteiger partial charge in [0.15, 0.2) is 5.78 Å². The number of carbonyl (C=O) groups is 1. The lowest BCUT2D eigenvalue weighted by molar-refractivity contribution is 0.103. The molecule has 0 aliphatic heterocycles. The fourth-order valence-corrected chi connectivity index (χ4v) is 2.05. The quantitative estimate of drug-likeness (QED) is 0.781. The van der Waals surface area contributed by atoms with Crippen LogP contribution < -0.4 is 9.47 Å². The number of ketones is 1. The van der Waals surface area contributed by atoms with E-state index in [9.17, 15) is 4.79 Å². The first-order valence-electron chi connectivity index (χ1n) is 6.26. The summed E-state index contributed by atoms with van der Waals surface area (Å²) in [6.07, 6.45) is 0. The summed E-state index contributed by atoms with van der Waals surface area (Å²) < 4.78 is 10.6. The monoisotopic (exact) mass is 290 g/mol. The van der Waals surface area contributed by atoms with Gasteiger partial charge < -0.3 is 9.47 Å². The van der Waals surface area contributed by atoms with Crippen molar-refractivity contribution < 1.29 is 14.3 Å². The van der Waals surface area contributed by atoms with Crippen molar-refractivity contribution >= 4 is 17.4 Å². The lowest BCUT2D eigenvalue weighted by Crippen LogP contribution is -2.04. The lowest BCUT2D eigenvalue weighted by atomic mass is 10.0. The Labute approximate surface area is 123 Å². The van der Waals surface area contributed by atoms with Crippen LogP contribution in [0.15, 0.2) is 42.5 Å². The molecular formula is C16H15ClO3. The smallest absolute Gasteiger partial charge is 0.196 e. The van der Waals surface area contributed by atoms with Crippen LogP contribution in [0.5, 0.6) is 11.5 Å². The normalized spacial score (nSPS) is 10.2. The van der Waals surface area contributed by atoms with E-state index in [0.717, 1.165) is 5.75 Å². The van der Waals surface area contributed by atoms with Gasteiger partial charge in [-0.25, -0.2) is 0 Å². The first-order valence-corrected chi connectivity index (χ1v) is 6.64. The maximum absolute atomic E-state index is 12.5. The Kier molecular flexibility index (Phi) is 4.64. The molecule has 0 spiro atoms. The summed E-state index contributed by atoms with van der Waals surface area (Å²) in [6.45, 7) is 2.51. The number of hydrogen-bond donors (Lipinski definition) is 0. The first-order chi connectivity index (χ1) is 9.65. The second-order valence-corrected chi connectivity index (χ2v) is 4.57. The molecule has 0 aromatic heterocycles. The third-order valence-electron chi connectivity index (χ3n) is 2.83. The molecular weight excluding hydrogens is 276 g/mol. The molecule has 0 atom stereocenters. The van der Waals surface area contributed by atoms with E-state index in [2.05, 4.69) is 0 Å². The first kappa shape index (κ1) is 14.4. The Morgan fingerprint density at radius 1 is 1.15 bits per heavy atom.